The van der Waals surface area contributed by atoms with Crippen LogP contribution in [-0.4, -0.2) is 38.7 Å². The van der Waals surface area contributed by atoms with Crippen LogP contribution in [-0.2, 0) is 17.1 Å². The number of alkyl halides is 6. The summed E-state index contributed by atoms with van der Waals surface area (Å²) in [6, 6.07) is -1.65. The summed E-state index contributed by atoms with van der Waals surface area (Å²) >= 11 is -6.27. The van der Waals surface area contributed by atoms with Crippen LogP contribution in [0.1, 0.15) is 48.0 Å². The van der Waals surface area contributed by atoms with Gasteiger partial charge in [0.05, 0.1) is 0 Å². The molecule has 3 nitrogen and oxygen atoms in total. The molecule has 1 aliphatic rings. The van der Waals surface area contributed by atoms with Gasteiger partial charge in [-0.05, 0) is 0 Å². The van der Waals surface area contributed by atoms with Crippen LogP contribution in [0.5, 0.6) is 0 Å². The molecule has 1 rings (SSSR count). The molecule has 3 N–H and O–H groups in total. The van der Waals surface area contributed by atoms with Gasteiger partial charge < -0.3 is 0 Å². The summed E-state index contributed by atoms with van der Waals surface area (Å²) in [4.78, 5) is 0. The predicted octanol–water partition coefficient (Wildman–Crippen LogP) is 4.19. The Morgan fingerprint density at radius 2 is 1.19 bits per heavy atom. The molecule has 0 atom stereocenters. The number of hydrogen-bond acceptors (Lipinski definition) is 3. The zero-order chi connectivity index (χ0) is 21.3. The first-order valence-corrected chi connectivity index (χ1v) is 25.0. The Balaban J connectivity index is 4.03. The average Bonchev–Trinajstić information content (AvgIpc) is 2.85. The van der Waals surface area contributed by atoms with Crippen LogP contribution in [0.4, 0.5) is 26.3 Å². The first-order valence-electron chi connectivity index (χ1n) is 9.05. The van der Waals surface area contributed by atoms with Crippen molar-refractivity contribution in [3.05, 3.63) is 21.5 Å². The zero-order valence-corrected chi connectivity index (χ0v) is 21.4. The molecule has 0 aromatic heterocycles. The molecule has 0 saturated heterocycles. The second kappa shape index (κ2) is 8.62. The van der Waals surface area contributed by atoms with Crippen LogP contribution in [0.15, 0.2) is 21.5 Å². The molecule has 0 aliphatic heterocycles. The van der Waals surface area contributed by atoms with Gasteiger partial charge in [0.2, 0.25) is 0 Å². The summed E-state index contributed by atoms with van der Waals surface area (Å²) in [6.07, 6.45) is 4.74. The van der Waals surface area contributed by atoms with Gasteiger partial charge in [-0.25, -0.2) is 0 Å². The number of nitrogens with one attached hydrogen (secondary N) is 3. The van der Waals surface area contributed by atoms with Gasteiger partial charge in [0.1, 0.15) is 0 Å². The SMILES string of the molecule is CC(C)[NH][Zr]([NH]C(C)C)([NH]C(C)C)([C]1=CC=CC1)[GeH]([C](F)(F)F)[C](F)(F)F. The Kier molecular flexibility index (Phi) is 8.11. The average molecular weight is 542 g/mol. The Morgan fingerprint density at radius 3 is 1.41 bits per heavy atom. The number of rotatable bonds is 8. The van der Waals surface area contributed by atoms with E-state index in [9.17, 15) is 26.3 Å². The predicted molar refractivity (Wildman–Crippen MR) is 95.9 cm³/mol. The van der Waals surface area contributed by atoms with Crippen molar-refractivity contribution in [1.29, 1.82) is 0 Å². The molecule has 0 unspecified atom stereocenters. The van der Waals surface area contributed by atoms with Gasteiger partial charge in [0, 0.05) is 0 Å². The molecule has 0 aromatic carbocycles. The van der Waals surface area contributed by atoms with E-state index in [0.29, 0.717) is 0 Å². The van der Waals surface area contributed by atoms with E-state index in [1.165, 1.54) is 6.08 Å². The van der Waals surface area contributed by atoms with Crippen molar-refractivity contribution in [1.82, 2.24) is 9.78 Å². The molecule has 0 fully saturated rings. The minimum atomic E-state index is -6.27. The van der Waals surface area contributed by atoms with Gasteiger partial charge in [-0.3, -0.25) is 0 Å². The molecule has 0 saturated carbocycles. The molecule has 0 radical (unpaired) electrons. The molecule has 27 heavy (non-hydrogen) atoms. The van der Waals surface area contributed by atoms with Gasteiger partial charge in [-0.1, -0.05) is 0 Å². The van der Waals surface area contributed by atoms with E-state index in [1.54, 1.807) is 53.7 Å². The van der Waals surface area contributed by atoms with E-state index in [2.05, 4.69) is 9.78 Å². The fourth-order valence-electron chi connectivity index (χ4n) is 4.31. The molecule has 159 valence electrons. The summed E-state index contributed by atoms with van der Waals surface area (Å²) < 4.78 is 94.3. The van der Waals surface area contributed by atoms with Crippen molar-refractivity contribution in [3.63, 3.8) is 0 Å². The van der Waals surface area contributed by atoms with E-state index in [0.717, 1.165) is 0 Å². The molecule has 0 amide bonds. The first-order chi connectivity index (χ1) is 12.0. The fraction of sp³-hybridized carbons (Fsp3) is 0.750. The summed E-state index contributed by atoms with van der Waals surface area (Å²) in [5.41, 5.74) is 0. The van der Waals surface area contributed by atoms with Gasteiger partial charge in [-0.2, -0.15) is 0 Å². The third-order valence-corrected chi connectivity index (χ3v) is 56.4. The first kappa shape index (κ1) is 25.4. The Bertz CT molecular complexity index is 540. The van der Waals surface area contributed by atoms with Crippen LogP contribution in [0.2, 0.25) is 0 Å². The Morgan fingerprint density at radius 1 is 0.815 bits per heavy atom. The van der Waals surface area contributed by atoms with Crippen LogP contribution in [0.3, 0.4) is 0 Å². The van der Waals surface area contributed by atoms with E-state index in [1.807, 2.05) is 0 Å². The molecular formula is C16H30F6GeN3Zr. The molecule has 0 heterocycles. The maximum absolute atomic E-state index is 14.2. The summed E-state index contributed by atoms with van der Waals surface area (Å²) in [6.45, 7) is 9.62. The van der Waals surface area contributed by atoms with Crippen molar-refractivity contribution in [2.24, 2.45) is 0 Å². The zero-order valence-electron chi connectivity index (χ0n) is 16.5. The molecular weight excluding hydrogens is 512 g/mol. The van der Waals surface area contributed by atoms with Crippen LogP contribution >= 0.6 is 0 Å². The van der Waals surface area contributed by atoms with Gasteiger partial charge >= 0.3 is 161 Å². The van der Waals surface area contributed by atoms with E-state index >= 15 is 0 Å². The maximum atomic E-state index is 14.2. The van der Waals surface area contributed by atoms with Crippen molar-refractivity contribution in [2.45, 2.75) is 76.1 Å². The Hall–Kier alpha value is 0.366. The van der Waals surface area contributed by atoms with E-state index < -0.39 is 55.8 Å². The van der Waals surface area contributed by atoms with Crippen LogP contribution < -0.4 is 9.78 Å². The second-order valence-electron chi connectivity index (χ2n) is 8.06. The van der Waals surface area contributed by atoms with Crippen molar-refractivity contribution < 1.29 is 43.5 Å². The third-order valence-electron chi connectivity index (χ3n) is 4.44. The topological polar surface area (TPSA) is 36.1 Å². The molecule has 11 heteroatoms. The standard InChI is InChI=1S/C5H5.3C3H8N.C2HF6Ge.Zr/c1-2-4-5-3-1;3*1-3(2)4;3-1(4,5)9-2(6,7)8;/h1-3H,4H2;3*3-4H,1-2H3;9H;/q;3*-1;;+3. The molecule has 0 spiro atoms. The van der Waals surface area contributed by atoms with E-state index in [4.69, 9.17) is 0 Å². The monoisotopic (exact) mass is 542 g/mol. The second-order valence-corrected chi connectivity index (χ2v) is 44.6. The quantitative estimate of drug-likeness (QED) is 0.318. The van der Waals surface area contributed by atoms with Crippen LogP contribution in [0.25, 0.3) is 0 Å². The third kappa shape index (κ3) is 5.50. The van der Waals surface area contributed by atoms with Gasteiger partial charge in [-0.15, -0.1) is 0 Å². The number of allylic oxidation sites excluding steroid dienone is 4. The summed E-state index contributed by atoms with van der Waals surface area (Å²) in [7, 11) is -6.13. The van der Waals surface area contributed by atoms with E-state index in [-0.39, 0.29) is 9.70 Å². The van der Waals surface area contributed by atoms with Crippen LogP contribution in [0, 0.1) is 0 Å². The molecule has 1 aliphatic carbocycles. The van der Waals surface area contributed by atoms with Gasteiger partial charge in [0.25, 0.3) is 0 Å². The van der Waals surface area contributed by atoms with Crippen molar-refractivity contribution >= 4 is 10.6 Å². The molecule has 0 aromatic rings. The van der Waals surface area contributed by atoms with Crippen molar-refractivity contribution in [2.75, 3.05) is 0 Å². The fourth-order valence-corrected chi connectivity index (χ4v) is 65.8. The Labute approximate surface area is 161 Å². The minimum absolute atomic E-state index is 0.0956. The van der Waals surface area contributed by atoms with Crippen molar-refractivity contribution in [3.8, 4) is 0 Å². The molecule has 0 bridgehead atoms. The number of halogens is 6. The summed E-state index contributed by atoms with van der Waals surface area (Å²) in [5, 5.41) is -10.6. The summed E-state index contributed by atoms with van der Waals surface area (Å²) in [5.74, 6) is 0. The normalized spacial score (nSPS) is 17.9. The van der Waals surface area contributed by atoms with Gasteiger partial charge in [0.15, 0.2) is 0 Å². The number of hydrogen-bond donors (Lipinski definition) is 3.